The van der Waals surface area contributed by atoms with Crippen LogP contribution in [0.25, 0.3) is 0 Å². The number of aryl methyl sites for hydroxylation is 3. The van der Waals surface area contributed by atoms with Gasteiger partial charge >= 0.3 is 0 Å². The third kappa shape index (κ3) is 3.71. The van der Waals surface area contributed by atoms with Crippen LogP contribution in [0.3, 0.4) is 0 Å². The van der Waals surface area contributed by atoms with Gasteiger partial charge in [-0.1, -0.05) is 43.3 Å². The fourth-order valence-electron chi connectivity index (χ4n) is 2.70. The number of nitrogens with one attached hydrogen (secondary N) is 2. The Hall–Kier alpha value is -2.88. The second-order valence-corrected chi connectivity index (χ2v) is 5.76. The third-order valence-electron chi connectivity index (χ3n) is 3.88. The van der Waals surface area contributed by atoms with E-state index >= 15 is 0 Å². The average Bonchev–Trinajstić information content (AvgIpc) is 2.57. The molecule has 0 atom stereocenters. The summed E-state index contributed by atoms with van der Waals surface area (Å²) < 4.78 is 0. The first-order valence-electron chi connectivity index (χ1n) is 8.19. The van der Waals surface area contributed by atoms with Crippen LogP contribution in [0.4, 0.5) is 23.0 Å². The molecule has 0 spiro atoms. The zero-order chi connectivity index (χ0) is 16.9. The maximum Gasteiger partial charge on any atom is 0.136 e. The van der Waals surface area contributed by atoms with Gasteiger partial charge in [-0.15, -0.1) is 0 Å². The van der Waals surface area contributed by atoms with E-state index in [4.69, 9.17) is 0 Å². The molecule has 3 aromatic rings. The van der Waals surface area contributed by atoms with Gasteiger partial charge < -0.3 is 10.6 Å². The topological polar surface area (TPSA) is 49.8 Å². The summed E-state index contributed by atoms with van der Waals surface area (Å²) in [7, 11) is 0. The lowest BCUT2D eigenvalue weighted by atomic mass is 10.1. The maximum atomic E-state index is 4.53. The zero-order valence-electron chi connectivity index (χ0n) is 14.3. The molecule has 2 aromatic carbocycles. The molecule has 24 heavy (non-hydrogen) atoms. The minimum Gasteiger partial charge on any atom is -0.340 e. The van der Waals surface area contributed by atoms with Crippen molar-refractivity contribution in [3.63, 3.8) is 0 Å². The van der Waals surface area contributed by atoms with Crippen molar-refractivity contribution in [2.75, 3.05) is 10.6 Å². The van der Waals surface area contributed by atoms with Gasteiger partial charge in [-0.05, 0) is 43.5 Å². The number of para-hydroxylation sites is 2. The van der Waals surface area contributed by atoms with Crippen molar-refractivity contribution in [1.29, 1.82) is 0 Å². The summed E-state index contributed by atoms with van der Waals surface area (Å²) in [4.78, 5) is 9.00. The van der Waals surface area contributed by atoms with Gasteiger partial charge in [0.2, 0.25) is 0 Å². The van der Waals surface area contributed by atoms with Crippen LogP contribution in [0.5, 0.6) is 0 Å². The second kappa shape index (κ2) is 7.13. The minimum atomic E-state index is 0.727. The first-order chi connectivity index (χ1) is 11.7. The van der Waals surface area contributed by atoms with E-state index in [1.54, 1.807) is 0 Å². The summed E-state index contributed by atoms with van der Waals surface area (Å²) in [5.74, 6) is 2.30. The molecule has 0 fully saturated rings. The third-order valence-corrected chi connectivity index (χ3v) is 3.88. The van der Waals surface area contributed by atoms with Gasteiger partial charge in [-0.3, -0.25) is 0 Å². The highest BCUT2D eigenvalue weighted by atomic mass is 15.1. The average molecular weight is 318 g/mol. The van der Waals surface area contributed by atoms with Crippen LogP contribution in [-0.4, -0.2) is 9.97 Å². The van der Waals surface area contributed by atoms with E-state index in [1.807, 2.05) is 43.3 Å². The Kier molecular flexibility index (Phi) is 4.75. The molecule has 0 saturated heterocycles. The highest BCUT2D eigenvalue weighted by molar-refractivity contribution is 5.67. The Morgan fingerprint density at radius 2 is 1.54 bits per heavy atom. The molecule has 0 bridgehead atoms. The molecule has 1 aromatic heterocycles. The van der Waals surface area contributed by atoms with Crippen LogP contribution in [0.2, 0.25) is 0 Å². The van der Waals surface area contributed by atoms with Crippen LogP contribution in [0, 0.1) is 13.8 Å². The first-order valence-corrected chi connectivity index (χ1v) is 8.19. The molecule has 0 aliphatic rings. The number of hydrogen-bond acceptors (Lipinski definition) is 4. The summed E-state index contributed by atoms with van der Waals surface area (Å²) in [6.07, 6.45) is 0.975. The zero-order valence-corrected chi connectivity index (χ0v) is 14.3. The smallest absolute Gasteiger partial charge is 0.136 e. The van der Waals surface area contributed by atoms with E-state index in [-0.39, 0.29) is 0 Å². The van der Waals surface area contributed by atoms with Crippen LogP contribution in [0.1, 0.15) is 23.9 Å². The lowest BCUT2D eigenvalue weighted by Gasteiger charge is -2.15. The SMILES string of the molecule is CCc1cccc(C)c1Nc1cc(Nc2ccccc2)nc(C)n1. The molecule has 0 amide bonds. The van der Waals surface area contributed by atoms with Crippen LogP contribution < -0.4 is 10.6 Å². The van der Waals surface area contributed by atoms with Crippen molar-refractivity contribution in [3.05, 3.63) is 71.5 Å². The Morgan fingerprint density at radius 3 is 2.25 bits per heavy atom. The summed E-state index contributed by atoms with van der Waals surface area (Å²) in [6, 6.07) is 18.3. The van der Waals surface area contributed by atoms with Crippen LogP contribution >= 0.6 is 0 Å². The van der Waals surface area contributed by atoms with Gasteiger partial charge in [0.25, 0.3) is 0 Å². The summed E-state index contributed by atoms with van der Waals surface area (Å²) >= 11 is 0. The molecule has 0 aliphatic heterocycles. The molecule has 0 aliphatic carbocycles. The highest BCUT2D eigenvalue weighted by Gasteiger charge is 2.08. The Bertz CT molecular complexity index is 828. The standard InChI is InChI=1S/C20H22N4/c1-4-16-10-8-9-14(2)20(16)24-19-13-18(21-15(3)22-19)23-17-11-6-5-7-12-17/h5-13H,4H2,1-3H3,(H2,21,22,23,24). The van der Waals surface area contributed by atoms with Crippen molar-refractivity contribution < 1.29 is 0 Å². The number of nitrogens with zero attached hydrogens (tertiary/aromatic N) is 2. The first kappa shape index (κ1) is 16.0. The fraction of sp³-hybridized carbons (Fsp3) is 0.200. The van der Waals surface area contributed by atoms with Gasteiger partial charge in [0.1, 0.15) is 17.5 Å². The van der Waals surface area contributed by atoms with Gasteiger partial charge in [0, 0.05) is 17.4 Å². The maximum absolute atomic E-state index is 4.53. The summed E-state index contributed by atoms with van der Waals surface area (Å²) in [5.41, 5.74) is 4.63. The number of hydrogen-bond donors (Lipinski definition) is 2. The predicted octanol–water partition coefficient (Wildman–Crippen LogP) is 5.14. The van der Waals surface area contributed by atoms with Crippen molar-refractivity contribution in [2.24, 2.45) is 0 Å². The van der Waals surface area contributed by atoms with E-state index in [0.717, 1.165) is 35.3 Å². The van der Waals surface area contributed by atoms with E-state index in [9.17, 15) is 0 Å². The number of anilines is 4. The second-order valence-electron chi connectivity index (χ2n) is 5.76. The van der Waals surface area contributed by atoms with Gasteiger partial charge in [-0.25, -0.2) is 9.97 Å². The molecule has 0 saturated carbocycles. The molecule has 3 rings (SSSR count). The minimum absolute atomic E-state index is 0.727. The normalized spacial score (nSPS) is 10.5. The van der Waals surface area contributed by atoms with Crippen molar-refractivity contribution in [3.8, 4) is 0 Å². The van der Waals surface area contributed by atoms with E-state index in [2.05, 4.69) is 52.6 Å². The van der Waals surface area contributed by atoms with E-state index < -0.39 is 0 Å². The summed E-state index contributed by atoms with van der Waals surface area (Å²) in [6.45, 7) is 6.17. The van der Waals surface area contributed by atoms with Crippen LogP contribution in [0.15, 0.2) is 54.6 Å². The van der Waals surface area contributed by atoms with Crippen molar-refractivity contribution >= 4 is 23.0 Å². The molecule has 4 heteroatoms. The van der Waals surface area contributed by atoms with Crippen molar-refractivity contribution in [1.82, 2.24) is 9.97 Å². The summed E-state index contributed by atoms with van der Waals surface area (Å²) in [5, 5.41) is 6.79. The Morgan fingerprint density at radius 1 is 0.833 bits per heavy atom. The Labute approximate surface area is 143 Å². The van der Waals surface area contributed by atoms with E-state index in [1.165, 1.54) is 11.1 Å². The lowest BCUT2D eigenvalue weighted by Crippen LogP contribution is -2.04. The fourth-order valence-corrected chi connectivity index (χ4v) is 2.70. The largest absolute Gasteiger partial charge is 0.340 e. The van der Waals surface area contributed by atoms with E-state index in [0.29, 0.717) is 0 Å². The molecule has 1 heterocycles. The molecular weight excluding hydrogens is 296 g/mol. The highest BCUT2D eigenvalue weighted by Crippen LogP contribution is 2.26. The van der Waals surface area contributed by atoms with Gasteiger partial charge in [0.15, 0.2) is 0 Å². The number of aromatic nitrogens is 2. The predicted molar refractivity (Wildman–Crippen MR) is 100 cm³/mol. The quantitative estimate of drug-likeness (QED) is 0.683. The van der Waals surface area contributed by atoms with Crippen LogP contribution in [-0.2, 0) is 6.42 Å². The molecule has 4 nitrogen and oxygen atoms in total. The number of benzene rings is 2. The van der Waals surface area contributed by atoms with Crippen molar-refractivity contribution in [2.45, 2.75) is 27.2 Å². The Balaban J connectivity index is 1.90. The van der Waals surface area contributed by atoms with Gasteiger partial charge in [-0.2, -0.15) is 0 Å². The molecule has 0 radical (unpaired) electrons. The molecular formula is C20H22N4. The van der Waals surface area contributed by atoms with Gasteiger partial charge in [0.05, 0.1) is 0 Å². The lowest BCUT2D eigenvalue weighted by molar-refractivity contribution is 1.05. The molecule has 2 N–H and O–H groups in total. The molecule has 122 valence electrons. The monoisotopic (exact) mass is 318 g/mol. The number of rotatable bonds is 5. The molecule has 0 unspecified atom stereocenters.